The fourth-order valence-corrected chi connectivity index (χ4v) is 3.49. The number of ether oxygens (including phenoxy) is 4. The molecule has 2 rings (SSSR count). The molecule has 0 atom stereocenters. The molecule has 0 unspecified atom stereocenters. The molecule has 0 amide bonds. The molecule has 0 radical (unpaired) electrons. The number of halogens is 1. The van der Waals surface area contributed by atoms with E-state index in [1.807, 2.05) is 19.2 Å². The average Bonchev–Trinajstić information content (AvgIpc) is 3.26. The highest BCUT2D eigenvalue weighted by Gasteiger charge is 2.29. The Hall–Kier alpha value is -0.420. The lowest BCUT2D eigenvalue weighted by Gasteiger charge is -2.23. The molecule has 0 aromatic carbocycles. The van der Waals surface area contributed by atoms with Crippen LogP contribution in [0.3, 0.4) is 0 Å². The number of methoxy groups -OCH3 is 4. The molecule has 23 heavy (non-hydrogen) atoms. The van der Waals surface area contributed by atoms with Gasteiger partial charge in [-0.25, -0.2) is 9.97 Å². The van der Waals surface area contributed by atoms with Gasteiger partial charge in [0.1, 0.15) is 0 Å². The molecule has 0 N–H and O–H groups in total. The predicted octanol–water partition coefficient (Wildman–Crippen LogP) is 3.98. The second-order valence-electron chi connectivity index (χ2n) is 4.51. The highest BCUT2D eigenvalue weighted by molar-refractivity contribution is 9.11. The lowest BCUT2D eigenvalue weighted by atomic mass is 10.3. The molecule has 0 bridgehead atoms. The van der Waals surface area contributed by atoms with Gasteiger partial charge in [-0.1, -0.05) is 0 Å². The number of aromatic nitrogens is 2. The van der Waals surface area contributed by atoms with E-state index in [0.717, 1.165) is 13.8 Å². The van der Waals surface area contributed by atoms with Gasteiger partial charge in [-0.2, -0.15) is 0 Å². The van der Waals surface area contributed by atoms with Crippen molar-refractivity contribution in [1.29, 1.82) is 0 Å². The van der Waals surface area contributed by atoms with Crippen LogP contribution in [0.1, 0.15) is 23.9 Å². The van der Waals surface area contributed by atoms with Gasteiger partial charge >= 0.3 is 0 Å². The van der Waals surface area contributed by atoms with Gasteiger partial charge in [-0.3, -0.25) is 0 Å². The second-order valence-corrected chi connectivity index (χ2v) is 7.82. The molecule has 0 aliphatic heterocycles. The zero-order chi connectivity index (χ0) is 17.5. The molecule has 9 heteroatoms. The quantitative estimate of drug-likeness (QED) is 0.653. The Labute approximate surface area is 152 Å². The van der Waals surface area contributed by atoms with Crippen LogP contribution in [0, 0.1) is 0 Å². The fourth-order valence-electron chi connectivity index (χ4n) is 1.43. The first-order valence-corrected chi connectivity index (χ1v) is 9.06. The van der Waals surface area contributed by atoms with Crippen LogP contribution in [0.15, 0.2) is 21.6 Å². The molecular formula is C14H21BrN2O4S2. The van der Waals surface area contributed by atoms with E-state index < -0.39 is 11.6 Å². The third-order valence-electron chi connectivity index (χ3n) is 3.24. The number of rotatable bonds is 6. The minimum absolute atomic E-state index is 0.686. The molecular weight excluding hydrogens is 404 g/mol. The fraction of sp³-hybridized carbons (Fsp3) is 0.571. The van der Waals surface area contributed by atoms with Crippen molar-refractivity contribution in [3.63, 3.8) is 0 Å². The Morgan fingerprint density at radius 3 is 1.78 bits per heavy atom. The molecule has 0 aliphatic rings. The van der Waals surface area contributed by atoms with Crippen LogP contribution in [0.2, 0.25) is 0 Å². The molecule has 0 saturated heterocycles. The van der Waals surface area contributed by atoms with Crippen molar-refractivity contribution >= 4 is 38.6 Å². The molecule has 2 heterocycles. The Morgan fingerprint density at radius 1 is 0.913 bits per heavy atom. The highest BCUT2D eigenvalue weighted by atomic mass is 79.9. The third-order valence-corrected chi connectivity index (χ3v) is 5.86. The maximum Gasteiger partial charge on any atom is 0.218 e. The number of nitrogens with zero attached hydrogens (tertiary/aromatic N) is 2. The zero-order valence-corrected chi connectivity index (χ0v) is 17.2. The van der Waals surface area contributed by atoms with Gasteiger partial charge in [-0.05, 0) is 29.8 Å². The standard InChI is InChI=1S/C7H10BrNO2S.C7H11NO2S/c1-7(10-2,11-3)6-9-4-5(8)12-6;1-7(9-2,10-3)6-8-4-5-11-6/h4H,1-3H3;4-5H,1-3H3. The molecule has 2 aromatic heterocycles. The maximum atomic E-state index is 5.19. The first-order valence-electron chi connectivity index (χ1n) is 6.57. The number of hydrogen-bond acceptors (Lipinski definition) is 8. The molecule has 2 aromatic rings. The number of hydrogen-bond donors (Lipinski definition) is 0. The van der Waals surface area contributed by atoms with Crippen LogP contribution in [0.5, 0.6) is 0 Å². The lowest BCUT2D eigenvalue weighted by Crippen LogP contribution is -2.26. The molecule has 0 aliphatic carbocycles. The first-order chi connectivity index (χ1) is 10.8. The summed E-state index contributed by atoms with van der Waals surface area (Å²) in [5.74, 6) is -1.41. The average molecular weight is 425 g/mol. The Balaban J connectivity index is 0.000000231. The Bertz CT molecular complexity index is 569. The first kappa shape index (κ1) is 20.6. The van der Waals surface area contributed by atoms with Crippen LogP contribution in [0.4, 0.5) is 0 Å². The van der Waals surface area contributed by atoms with E-state index in [1.54, 1.807) is 40.8 Å². The van der Waals surface area contributed by atoms with Crippen molar-refractivity contribution in [1.82, 2.24) is 9.97 Å². The van der Waals surface area contributed by atoms with E-state index in [9.17, 15) is 0 Å². The summed E-state index contributed by atoms with van der Waals surface area (Å²) in [7, 11) is 6.40. The summed E-state index contributed by atoms with van der Waals surface area (Å²) in [5.41, 5.74) is 0. The predicted molar refractivity (Wildman–Crippen MR) is 94.7 cm³/mol. The van der Waals surface area contributed by atoms with Crippen LogP contribution >= 0.6 is 38.6 Å². The van der Waals surface area contributed by atoms with Crippen LogP contribution in [0.25, 0.3) is 0 Å². The SMILES string of the molecule is COC(C)(OC)c1ncc(Br)s1.COC(C)(OC)c1nccs1. The minimum Gasteiger partial charge on any atom is -0.348 e. The van der Waals surface area contributed by atoms with Crippen molar-refractivity contribution in [3.05, 3.63) is 31.6 Å². The van der Waals surface area contributed by atoms with Gasteiger partial charge in [-0.15, -0.1) is 22.7 Å². The van der Waals surface area contributed by atoms with Crippen molar-refractivity contribution < 1.29 is 18.9 Å². The van der Waals surface area contributed by atoms with Gasteiger partial charge in [0.15, 0.2) is 10.0 Å². The van der Waals surface area contributed by atoms with Gasteiger partial charge in [0.25, 0.3) is 0 Å². The monoisotopic (exact) mass is 424 g/mol. The van der Waals surface area contributed by atoms with Crippen LogP contribution < -0.4 is 0 Å². The van der Waals surface area contributed by atoms with Crippen LogP contribution in [-0.4, -0.2) is 38.4 Å². The van der Waals surface area contributed by atoms with E-state index in [4.69, 9.17) is 18.9 Å². The largest absolute Gasteiger partial charge is 0.348 e. The van der Waals surface area contributed by atoms with Gasteiger partial charge < -0.3 is 18.9 Å². The molecule has 0 saturated carbocycles. The van der Waals surface area contributed by atoms with E-state index in [-0.39, 0.29) is 0 Å². The highest BCUT2D eigenvalue weighted by Crippen LogP contribution is 2.31. The Morgan fingerprint density at radius 2 is 1.43 bits per heavy atom. The summed E-state index contributed by atoms with van der Waals surface area (Å²) in [6, 6.07) is 0. The maximum absolute atomic E-state index is 5.19. The summed E-state index contributed by atoms with van der Waals surface area (Å²) >= 11 is 6.35. The van der Waals surface area contributed by atoms with E-state index in [2.05, 4.69) is 25.9 Å². The molecule has 6 nitrogen and oxygen atoms in total. The second kappa shape index (κ2) is 9.16. The summed E-state index contributed by atoms with van der Waals surface area (Å²) in [6.07, 6.45) is 3.46. The topological polar surface area (TPSA) is 62.7 Å². The van der Waals surface area contributed by atoms with Crippen molar-refractivity contribution in [3.8, 4) is 0 Å². The van der Waals surface area contributed by atoms with Crippen molar-refractivity contribution in [2.24, 2.45) is 0 Å². The minimum atomic E-state index is -0.726. The Kier molecular flexibility index (Phi) is 8.22. The van der Waals surface area contributed by atoms with E-state index in [1.165, 1.54) is 22.7 Å². The summed E-state index contributed by atoms with van der Waals surface area (Å²) < 4.78 is 21.7. The van der Waals surface area contributed by atoms with E-state index in [0.29, 0.717) is 0 Å². The van der Waals surface area contributed by atoms with Crippen molar-refractivity contribution in [2.75, 3.05) is 28.4 Å². The zero-order valence-electron chi connectivity index (χ0n) is 14.0. The number of thiazole rings is 2. The van der Waals surface area contributed by atoms with Gasteiger partial charge in [0.2, 0.25) is 11.6 Å². The lowest BCUT2D eigenvalue weighted by molar-refractivity contribution is -0.202. The summed E-state index contributed by atoms with van der Waals surface area (Å²) in [4.78, 5) is 8.25. The molecule has 130 valence electrons. The normalized spacial score (nSPS) is 12.0. The molecule has 0 fully saturated rings. The third kappa shape index (κ3) is 5.28. The van der Waals surface area contributed by atoms with Crippen molar-refractivity contribution in [2.45, 2.75) is 25.4 Å². The smallest absolute Gasteiger partial charge is 0.218 e. The van der Waals surface area contributed by atoms with Gasteiger partial charge in [0.05, 0.1) is 9.98 Å². The van der Waals surface area contributed by atoms with E-state index >= 15 is 0 Å². The molecule has 0 spiro atoms. The van der Waals surface area contributed by atoms with Crippen LogP contribution in [-0.2, 0) is 30.5 Å². The summed E-state index contributed by atoms with van der Waals surface area (Å²) in [6.45, 7) is 3.67. The summed E-state index contributed by atoms with van der Waals surface area (Å²) in [5, 5.41) is 3.54. The van der Waals surface area contributed by atoms with Gasteiger partial charge in [0, 0.05) is 40.0 Å².